The first kappa shape index (κ1) is 14.1. The van der Waals surface area contributed by atoms with E-state index in [0.29, 0.717) is 17.8 Å². The monoisotopic (exact) mass is 303 g/mol. The third kappa shape index (κ3) is 2.78. The summed E-state index contributed by atoms with van der Waals surface area (Å²) < 4.78 is 1.06. The second-order valence-electron chi connectivity index (χ2n) is 5.35. The van der Waals surface area contributed by atoms with Crippen molar-refractivity contribution < 1.29 is 14.7 Å². The number of carboxylic acids is 1. The van der Waals surface area contributed by atoms with Gasteiger partial charge in [0.25, 0.3) is 5.91 Å². The molecule has 2 aromatic rings. The molecule has 5 heteroatoms. The van der Waals surface area contributed by atoms with Crippen LogP contribution < -0.4 is 0 Å². The van der Waals surface area contributed by atoms with Crippen molar-refractivity contribution in [1.82, 2.24) is 4.90 Å². The number of aliphatic carboxylic acids is 1. The summed E-state index contributed by atoms with van der Waals surface area (Å²) >= 11 is 1.44. The van der Waals surface area contributed by atoms with E-state index in [1.807, 2.05) is 30.3 Å². The number of nitrogens with zero attached hydrogens (tertiary/aromatic N) is 1. The first-order chi connectivity index (χ1) is 10.2. The fourth-order valence-electron chi connectivity index (χ4n) is 2.84. The number of likely N-dealkylation sites (tertiary alicyclic amines) is 1. The van der Waals surface area contributed by atoms with Crippen molar-refractivity contribution in [2.24, 2.45) is 0 Å². The topological polar surface area (TPSA) is 57.6 Å². The van der Waals surface area contributed by atoms with Crippen molar-refractivity contribution in [2.45, 2.75) is 31.7 Å². The van der Waals surface area contributed by atoms with Gasteiger partial charge in [0.05, 0.1) is 4.88 Å². The van der Waals surface area contributed by atoms with Crippen LogP contribution in [0.3, 0.4) is 0 Å². The number of fused-ring (bicyclic) bond motifs is 1. The van der Waals surface area contributed by atoms with E-state index in [2.05, 4.69) is 0 Å². The van der Waals surface area contributed by atoms with Gasteiger partial charge in [-0.05, 0) is 30.4 Å². The first-order valence-corrected chi connectivity index (χ1v) is 8.01. The average Bonchev–Trinajstić information content (AvgIpc) is 2.75. The van der Waals surface area contributed by atoms with Gasteiger partial charge >= 0.3 is 5.97 Å². The summed E-state index contributed by atoms with van der Waals surface area (Å²) in [7, 11) is 0. The maximum absolute atomic E-state index is 12.7. The van der Waals surface area contributed by atoms with Gasteiger partial charge < -0.3 is 10.0 Å². The predicted octanol–water partition coefficient (Wildman–Crippen LogP) is 3.37. The number of hydrogen-bond acceptors (Lipinski definition) is 3. The van der Waals surface area contributed by atoms with Gasteiger partial charge in [0, 0.05) is 11.2 Å². The minimum absolute atomic E-state index is 0.148. The number of carbonyl (C=O) groups is 2. The zero-order valence-corrected chi connectivity index (χ0v) is 12.4. The second kappa shape index (κ2) is 5.85. The van der Waals surface area contributed by atoms with Crippen molar-refractivity contribution in [3.05, 3.63) is 35.2 Å². The Morgan fingerprint density at radius 3 is 2.76 bits per heavy atom. The van der Waals surface area contributed by atoms with Gasteiger partial charge in [-0.2, -0.15) is 0 Å². The van der Waals surface area contributed by atoms with E-state index >= 15 is 0 Å². The molecule has 0 spiro atoms. The molecule has 0 radical (unpaired) electrons. The van der Waals surface area contributed by atoms with Gasteiger partial charge in [0.1, 0.15) is 6.04 Å². The Labute approximate surface area is 127 Å². The van der Waals surface area contributed by atoms with Crippen LogP contribution in [0.4, 0.5) is 0 Å². The Morgan fingerprint density at radius 1 is 1.19 bits per heavy atom. The molecule has 21 heavy (non-hydrogen) atoms. The fraction of sp³-hybridized carbons (Fsp3) is 0.375. The SMILES string of the molecule is O=C(O)C1CCCCCN1C(=O)c1cc2ccccc2s1. The van der Waals surface area contributed by atoms with Crippen LogP contribution in [0.1, 0.15) is 35.4 Å². The third-order valence-corrected chi connectivity index (χ3v) is 5.04. The van der Waals surface area contributed by atoms with Crippen LogP contribution in [0.15, 0.2) is 30.3 Å². The van der Waals surface area contributed by atoms with Crippen molar-refractivity contribution in [2.75, 3.05) is 6.54 Å². The Morgan fingerprint density at radius 2 is 2.00 bits per heavy atom. The largest absolute Gasteiger partial charge is 0.480 e. The molecule has 110 valence electrons. The first-order valence-electron chi connectivity index (χ1n) is 7.19. The van der Waals surface area contributed by atoms with Crippen LogP contribution in [-0.4, -0.2) is 34.5 Å². The van der Waals surface area contributed by atoms with Gasteiger partial charge in [0.15, 0.2) is 0 Å². The van der Waals surface area contributed by atoms with Crippen LogP contribution in [0.5, 0.6) is 0 Å². The molecule has 0 bridgehead atoms. The molecule has 4 nitrogen and oxygen atoms in total. The van der Waals surface area contributed by atoms with Gasteiger partial charge in [-0.1, -0.05) is 31.0 Å². The number of carboxylic acid groups (broad SMARTS) is 1. The Kier molecular flexibility index (Phi) is 3.92. The predicted molar refractivity (Wildman–Crippen MR) is 82.8 cm³/mol. The average molecular weight is 303 g/mol. The van der Waals surface area contributed by atoms with Crippen molar-refractivity contribution >= 4 is 33.3 Å². The fourth-order valence-corrected chi connectivity index (χ4v) is 3.86. The molecule has 1 saturated heterocycles. The van der Waals surface area contributed by atoms with Crippen LogP contribution >= 0.6 is 11.3 Å². The summed E-state index contributed by atoms with van der Waals surface area (Å²) in [6, 6.07) is 9.01. The summed E-state index contributed by atoms with van der Waals surface area (Å²) in [4.78, 5) is 26.3. The van der Waals surface area contributed by atoms with E-state index in [1.54, 1.807) is 4.90 Å². The summed E-state index contributed by atoms with van der Waals surface area (Å²) in [6.07, 6.45) is 3.28. The zero-order chi connectivity index (χ0) is 14.8. The van der Waals surface area contributed by atoms with E-state index in [1.165, 1.54) is 11.3 Å². The molecule has 2 heterocycles. The highest BCUT2D eigenvalue weighted by molar-refractivity contribution is 7.20. The normalized spacial score (nSPS) is 19.4. The lowest BCUT2D eigenvalue weighted by atomic mass is 10.1. The van der Waals surface area contributed by atoms with Crippen molar-refractivity contribution in [3.8, 4) is 0 Å². The molecule has 1 atom stereocenters. The molecule has 1 aromatic heterocycles. The zero-order valence-electron chi connectivity index (χ0n) is 11.6. The van der Waals surface area contributed by atoms with Crippen LogP contribution in [0, 0.1) is 0 Å². The summed E-state index contributed by atoms with van der Waals surface area (Å²) in [6.45, 7) is 0.532. The molecule has 1 aromatic carbocycles. The molecule has 1 unspecified atom stereocenters. The van der Waals surface area contributed by atoms with Crippen LogP contribution in [-0.2, 0) is 4.79 Å². The minimum atomic E-state index is -0.897. The third-order valence-electron chi connectivity index (χ3n) is 3.94. The standard InChI is InChI=1S/C16H17NO3S/c18-15(14-10-11-6-3-4-8-13(11)21-14)17-9-5-1-2-7-12(17)16(19)20/h3-4,6,8,10,12H,1-2,5,7,9H2,(H,19,20). The molecule has 1 fully saturated rings. The quantitative estimate of drug-likeness (QED) is 0.925. The summed E-state index contributed by atoms with van der Waals surface area (Å²) in [5.41, 5.74) is 0. The maximum atomic E-state index is 12.7. The molecule has 0 aliphatic carbocycles. The highest BCUT2D eigenvalue weighted by Gasteiger charge is 2.31. The highest BCUT2D eigenvalue weighted by atomic mass is 32.1. The van der Waals surface area contributed by atoms with Crippen molar-refractivity contribution in [3.63, 3.8) is 0 Å². The molecule has 1 aliphatic rings. The van der Waals surface area contributed by atoms with Crippen molar-refractivity contribution in [1.29, 1.82) is 0 Å². The van der Waals surface area contributed by atoms with Gasteiger partial charge in [-0.15, -0.1) is 11.3 Å². The van der Waals surface area contributed by atoms with Gasteiger partial charge in [-0.25, -0.2) is 4.79 Å². The minimum Gasteiger partial charge on any atom is -0.480 e. The lowest BCUT2D eigenvalue weighted by Gasteiger charge is -2.26. The van der Waals surface area contributed by atoms with E-state index in [0.717, 1.165) is 29.3 Å². The second-order valence-corrected chi connectivity index (χ2v) is 6.43. The number of amides is 1. The van der Waals surface area contributed by atoms with Crippen LogP contribution in [0.25, 0.3) is 10.1 Å². The number of carbonyl (C=O) groups excluding carboxylic acids is 1. The van der Waals surface area contributed by atoms with E-state index in [9.17, 15) is 14.7 Å². The van der Waals surface area contributed by atoms with E-state index < -0.39 is 12.0 Å². The molecular formula is C16H17NO3S. The highest BCUT2D eigenvalue weighted by Crippen LogP contribution is 2.28. The smallest absolute Gasteiger partial charge is 0.326 e. The van der Waals surface area contributed by atoms with Gasteiger partial charge in [0.2, 0.25) is 0 Å². The van der Waals surface area contributed by atoms with Crippen LogP contribution in [0.2, 0.25) is 0 Å². The summed E-state index contributed by atoms with van der Waals surface area (Å²) in [5.74, 6) is -1.04. The number of rotatable bonds is 2. The Bertz CT molecular complexity index is 646. The molecule has 1 aliphatic heterocycles. The maximum Gasteiger partial charge on any atom is 0.326 e. The lowest BCUT2D eigenvalue weighted by molar-refractivity contribution is -0.142. The Hall–Kier alpha value is -1.88. The molecule has 1 N–H and O–H groups in total. The summed E-state index contributed by atoms with van der Waals surface area (Å²) in [5, 5.41) is 10.4. The number of thiophene rings is 1. The van der Waals surface area contributed by atoms with E-state index in [-0.39, 0.29) is 5.91 Å². The van der Waals surface area contributed by atoms with Gasteiger partial charge in [-0.3, -0.25) is 4.79 Å². The number of benzene rings is 1. The molecular weight excluding hydrogens is 286 g/mol. The molecule has 1 amide bonds. The molecule has 0 saturated carbocycles. The lowest BCUT2D eigenvalue weighted by Crippen LogP contribution is -2.44. The molecule has 3 rings (SSSR count). The number of hydrogen-bond donors (Lipinski definition) is 1. The van der Waals surface area contributed by atoms with E-state index in [4.69, 9.17) is 0 Å². The Balaban J connectivity index is 1.92.